The molecule has 148 valence electrons. The summed E-state index contributed by atoms with van der Waals surface area (Å²) in [6.07, 6.45) is 5.44. The van der Waals surface area contributed by atoms with E-state index in [-0.39, 0.29) is 23.7 Å². The fourth-order valence-corrected chi connectivity index (χ4v) is 3.09. The van der Waals surface area contributed by atoms with Crippen LogP contribution in [0, 0.1) is 11.8 Å². The second kappa shape index (κ2) is 9.92. The fourth-order valence-electron chi connectivity index (χ4n) is 3.09. The second-order valence-corrected chi connectivity index (χ2v) is 7.45. The van der Waals surface area contributed by atoms with Crippen LogP contribution in [0.15, 0.2) is 15.9 Å². The van der Waals surface area contributed by atoms with Crippen LogP contribution in [-0.2, 0) is 20.6 Å². The molecule has 7 nitrogen and oxygen atoms in total. The molecule has 8 heteroatoms. The van der Waals surface area contributed by atoms with Crippen LogP contribution in [0.25, 0.3) is 11.2 Å². The number of imidazole rings is 1. The number of hydrogen-bond donors (Lipinski definition) is 1. The van der Waals surface area contributed by atoms with Crippen LogP contribution < -0.4 is 16.6 Å². The minimum Gasteiger partial charge on any atom is -0.323 e. The summed E-state index contributed by atoms with van der Waals surface area (Å²) < 4.78 is 4.37. The summed E-state index contributed by atoms with van der Waals surface area (Å²) in [7, 11) is 3.14. The van der Waals surface area contributed by atoms with E-state index in [0.29, 0.717) is 23.6 Å². The van der Waals surface area contributed by atoms with Gasteiger partial charge < -0.3 is 9.88 Å². The van der Waals surface area contributed by atoms with Gasteiger partial charge in [-0.3, -0.25) is 13.9 Å². The summed E-state index contributed by atoms with van der Waals surface area (Å²) in [5, 5.41) is 3.46. The number of rotatable bonds is 9. The monoisotopic (exact) mass is 385 g/mol. The molecule has 0 spiro atoms. The van der Waals surface area contributed by atoms with Gasteiger partial charge in [0.25, 0.3) is 5.56 Å². The maximum atomic E-state index is 12.4. The largest absolute Gasteiger partial charge is 0.332 e. The molecule has 2 aromatic rings. The number of fused-ring (bicyclic) bond motifs is 1. The van der Waals surface area contributed by atoms with Crippen LogP contribution in [0.3, 0.4) is 0 Å². The molecule has 0 aliphatic heterocycles. The van der Waals surface area contributed by atoms with Gasteiger partial charge in [0.1, 0.15) is 0 Å². The third kappa shape index (κ3) is 5.20. The quantitative estimate of drug-likeness (QED) is 0.669. The number of nitrogens with one attached hydrogen (secondary N) is 1. The topological polar surface area (TPSA) is 73.8 Å². The first-order valence-electron chi connectivity index (χ1n) is 9.14. The number of aryl methyl sites for hydroxylation is 1. The van der Waals surface area contributed by atoms with E-state index in [9.17, 15) is 9.59 Å². The first kappa shape index (κ1) is 22.4. The van der Waals surface area contributed by atoms with Gasteiger partial charge in [-0.05, 0) is 24.8 Å². The zero-order valence-corrected chi connectivity index (χ0v) is 17.3. The minimum absolute atomic E-state index is 0. The van der Waals surface area contributed by atoms with Gasteiger partial charge in [0.15, 0.2) is 11.2 Å². The zero-order valence-electron chi connectivity index (χ0n) is 16.5. The van der Waals surface area contributed by atoms with Gasteiger partial charge >= 0.3 is 5.69 Å². The zero-order chi connectivity index (χ0) is 18.6. The molecule has 0 aliphatic carbocycles. The molecule has 0 amide bonds. The lowest BCUT2D eigenvalue weighted by molar-refractivity contribution is 0.430. The number of halogens is 1. The molecule has 0 bridgehead atoms. The standard InChI is InChI=1S/C18H31N5O2.ClH/c1-13(2)7-6-8-14(3)11-19-9-10-23-12-20-16-15(23)17(24)22(5)18(25)21(16)4;/h12-14,19H,6-11H2,1-5H3;1H. The van der Waals surface area contributed by atoms with Gasteiger partial charge in [-0.25, -0.2) is 9.78 Å². The molecule has 2 heterocycles. The molecule has 26 heavy (non-hydrogen) atoms. The molecule has 0 aliphatic rings. The minimum atomic E-state index is -0.351. The highest BCUT2D eigenvalue weighted by Crippen LogP contribution is 2.11. The molecule has 0 aromatic carbocycles. The molecule has 0 fully saturated rings. The van der Waals surface area contributed by atoms with Crippen LogP contribution in [0.1, 0.15) is 40.0 Å². The number of nitrogens with zero attached hydrogens (tertiary/aromatic N) is 4. The first-order chi connectivity index (χ1) is 11.8. The van der Waals surface area contributed by atoms with Crippen molar-refractivity contribution in [2.75, 3.05) is 13.1 Å². The van der Waals surface area contributed by atoms with Crippen LogP contribution >= 0.6 is 12.4 Å². The lowest BCUT2D eigenvalue weighted by atomic mass is 10.00. The number of aromatic nitrogens is 4. The van der Waals surface area contributed by atoms with Crippen molar-refractivity contribution in [3.05, 3.63) is 27.2 Å². The Balaban J connectivity index is 0.00000338. The summed E-state index contributed by atoms with van der Waals surface area (Å²) in [4.78, 5) is 28.5. The Morgan fingerprint density at radius 3 is 2.46 bits per heavy atom. The number of hydrogen-bond acceptors (Lipinski definition) is 4. The Morgan fingerprint density at radius 2 is 1.81 bits per heavy atom. The van der Waals surface area contributed by atoms with E-state index in [0.717, 1.165) is 23.6 Å². The third-order valence-corrected chi connectivity index (χ3v) is 4.72. The predicted molar refractivity (Wildman–Crippen MR) is 108 cm³/mol. The van der Waals surface area contributed by atoms with Crippen molar-refractivity contribution in [2.45, 2.75) is 46.6 Å². The van der Waals surface area contributed by atoms with E-state index in [1.165, 1.54) is 30.9 Å². The summed E-state index contributed by atoms with van der Waals surface area (Å²) in [6, 6.07) is 0. The van der Waals surface area contributed by atoms with Crippen molar-refractivity contribution in [1.82, 2.24) is 24.0 Å². The summed E-state index contributed by atoms with van der Waals surface area (Å²) >= 11 is 0. The maximum Gasteiger partial charge on any atom is 0.332 e. The fraction of sp³-hybridized carbons (Fsp3) is 0.722. The normalized spacial score (nSPS) is 12.5. The Kier molecular flexibility index (Phi) is 8.56. The van der Waals surface area contributed by atoms with Crippen molar-refractivity contribution in [3.8, 4) is 0 Å². The highest BCUT2D eigenvalue weighted by molar-refractivity contribution is 5.85. The van der Waals surface area contributed by atoms with E-state index in [2.05, 4.69) is 31.1 Å². The van der Waals surface area contributed by atoms with E-state index < -0.39 is 0 Å². The molecular formula is C18H32ClN5O2. The lowest BCUT2D eigenvalue weighted by Crippen LogP contribution is -2.37. The van der Waals surface area contributed by atoms with Gasteiger partial charge in [0, 0.05) is 27.2 Å². The van der Waals surface area contributed by atoms with Crippen molar-refractivity contribution in [3.63, 3.8) is 0 Å². The van der Waals surface area contributed by atoms with Crippen molar-refractivity contribution in [1.29, 1.82) is 0 Å². The molecular weight excluding hydrogens is 354 g/mol. The maximum absolute atomic E-state index is 12.4. The first-order valence-corrected chi connectivity index (χ1v) is 9.14. The summed E-state index contributed by atoms with van der Waals surface area (Å²) in [6.45, 7) is 9.19. The third-order valence-electron chi connectivity index (χ3n) is 4.72. The van der Waals surface area contributed by atoms with Crippen LogP contribution in [0.4, 0.5) is 0 Å². The molecule has 2 rings (SSSR count). The van der Waals surface area contributed by atoms with Gasteiger partial charge in [-0.1, -0.05) is 33.6 Å². The predicted octanol–water partition coefficient (Wildman–Crippen LogP) is 1.91. The molecule has 1 unspecified atom stereocenters. The summed E-state index contributed by atoms with van der Waals surface area (Å²) in [5.41, 5.74) is 0.278. The van der Waals surface area contributed by atoms with Crippen molar-refractivity contribution >= 4 is 23.6 Å². The van der Waals surface area contributed by atoms with E-state index in [1.54, 1.807) is 13.4 Å². The SMILES string of the molecule is CC(C)CCCC(C)CNCCn1cnc2c1c(=O)n(C)c(=O)n2C.Cl. The molecule has 0 radical (unpaired) electrons. The average molecular weight is 386 g/mol. The second-order valence-electron chi connectivity index (χ2n) is 7.45. The van der Waals surface area contributed by atoms with E-state index >= 15 is 0 Å². The Bertz CT molecular complexity index is 821. The molecule has 1 N–H and O–H groups in total. The van der Waals surface area contributed by atoms with Gasteiger partial charge in [0.2, 0.25) is 0 Å². The van der Waals surface area contributed by atoms with Crippen LogP contribution in [0.5, 0.6) is 0 Å². The van der Waals surface area contributed by atoms with Crippen LogP contribution in [-0.4, -0.2) is 31.8 Å². The van der Waals surface area contributed by atoms with Gasteiger partial charge in [0.05, 0.1) is 6.33 Å². The Hall–Kier alpha value is -1.60. The van der Waals surface area contributed by atoms with Gasteiger partial charge in [-0.2, -0.15) is 0 Å². The Labute approximate surface area is 160 Å². The lowest BCUT2D eigenvalue weighted by Gasteiger charge is -2.13. The van der Waals surface area contributed by atoms with Crippen LogP contribution in [0.2, 0.25) is 0 Å². The molecule has 2 aromatic heterocycles. The smallest absolute Gasteiger partial charge is 0.323 e. The Morgan fingerprint density at radius 1 is 1.12 bits per heavy atom. The molecule has 0 saturated heterocycles. The van der Waals surface area contributed by atoms with Crippen molar-refractivity contribution in [2.24, 2.45) is 25.9 Å². The molecule has 0 saturated carbocycles. The summed E-state index contributed by atoms with van der Waals surface area (Å²) in [5.74, 6) is 1.42. The van der Waals surface area contributed by atoms with Crippen molar-refractivity contribution < 1.29 is 0 Å². The average Bonchev–Trinajstić information content (AvgIpc) is 2.98. The van der Waals surface area contributed by atoms with Gasteiger partial charge in [-0.15, -0.1) is 12.4 Å². The highest BCUT2D eigenvalue weighted by Gasteiger charge is 2.13. The van der Waals surface area contributed by atoms with E-state index in [1.807, 2.05) is 4.57 Å². The highest BCUT2D eigenvalue weighted by atomic mass is 35.5. The molecule has 1 atom stereocenters. The van der Waals surface area contributed by atoms with E-state index in [4.69, 9.17) is 0 Å².